The van der Waals surface area contributed by atoms with Gasteiger partial charge in [0.2, 0.25) is 0 Å². The van der Waals surface area contributed by atoms with Crippen molar-refractivity contribution in [3.63, 3.8) is 0 Å². The standard InChI is InChI=1S/C19H18N3.C18H15N2O.C18H15N2S.C16H17N2.C10H11N4.18C2H6/c1-13-10-16-14-6-4-5-7-18(14)22(3)19(16)11-15(13)17-8-9-20-12-21(17)2;2*1-12-9-15-13-5-3-4-6-17(13)21-18(15)10-14(12)16-7-8-19-11-20(16)2;1-10-6-5-7-13-11(2)12(3)14-8-17-9-18(4)16(14)15(10)13;1-8-5-12-6-13-10(8)9-3-4-11-7-14(9)2;18*1-2/h4-12H,1-3H3;2*3-11H,1-2H3;5-9H,1-4H3;3-7H,1-2H3;18*1-2H3/q5*+1;;;;;;;;;;;;;;;;;;. The molecular formula is C117H184N13OS+5. The molecule has 0 aliphatic rings. The van der Waals surface area contributed by atoms with E-state index in [4.69, 9.17) is 4.42 Å². The highest BCUT2D eigenvalue weighted by Crippen LogP contribution is 2.39. The number of rotatable bonds is 4. The molecular weight excluding hydrogens is 1640 g/mol. The van der Waals surface area contributed by atoms with E-state index in [0.29, 0.717) is 0 Å². The van der Waals surface area contributed by atoms with Crippen LogP contribution in [0.25, 0.3) is 131 Å². The molecule has 15 heteroatoms. The monoisotopic (exact) mass is 1820 g/mol. The van der Waals surface area contributed by atoms with Crippen molar-refractivity contribution < 1.29 is 27.3 Å². The van der Waals surface area contributed by atoms with Crippen molar-refractivity contribution in [1.29, 1.82) is 0 Å². The number of aryl methyl sites for hydroxylation is 13. The largest absolute Gasteiger partial charge is 0.456 e. The minimum absolute atomic E-state index is 0.925. The van der Waals surface area contributed by atoms with Crippen LogP contribution in [0.4, 0.5) is 0 Å². The van der Waals surface area contributed by atoms with Crippen LogP contribution >= 0.6 is 11.3 Å². The number of hydrogen-bond acceptors (Lipinski definition) is 9. The van der Waals surface area contributed by atoms with Gasteiger partial charge in [-0.15, -0.1) is 11.3 Å². The highest BCUT2D eigenvalue weighted by Gasteiger charge is 2.20. The number of para-hydroxylation sites is 2. The van der Waals surface area contributed by atoms with Crippen molar-refractivity contribution in [2.24, 2.45) is 42.3 Å². The topological polar surface area (TPSA) is 128 Å². The summed E-state index contributed by atoms with van der Waals surface area (Å²) in [6.45, 7) is 87.0. The summed E-state index contributed by atoms with van der Waals surface area (Å²) in [7, 11) is 12.2. The summed E-state index contributed by atoms with van der Waals surface area (Å²) >= 11 is 1.86. The van der Waals surface area contributed by atoms with Gasteiger partial charge in [0.15, 0.2) is 11.9 Å². The molecule has 0 radical (unpaired) electrons. The van der Waals surface area contributed by atoms with Crippen LogP contribution in [0.1, 0.15) is 288 Å². The number of aromatic nitrogens is 13. The Morgan fingerprint density at radius 1 is 0.273 bits per heavy atom. The minimum Gasteiger partial charge on any atom is -0.456 e. The lowest BCUT2D eigenvalue weighted by atomic mass is 9.94. The molecule has 0 unspecified atom stereocenters. The normalized spacial score (nSPS) is 8.95. The molecule has 0 saturated carbocycles. The van der Waals surface area contributed by atoms with E-state index >= 15 is 0 Å². The van der Waals surface area contributed by atoms with Crippen molar-refractivity contribution >= 4 is 96.9 Å². The highest BCUT2D eigenvalue weighted by atomic mass is 32.1. The summed E-state index contributed by atoms with van der Waals surface area (Å²) < 4.78 is 21.2. The number of furan rings is 1. The average molecular weight is 1820 g/mol. The van der Waals surface area contributed by atoms with E-state index < -0.39 is 0 Å². The average Bonchev–Trinajstić information content (AvgIpc) is 0.846. The maximum atomic E-state index is 5.98. The van der Waals surface area contributed by atoms with Gasteiger partial charge in [0.1, 0.15) is 70.6 Å². The van der Waals surface area contributed by atoms with Crippen LogP contribution in [-0.4, -0.2) is 39.5 Å². The van der Waals surface area contributed by atoms with Crippen LogP contribution in [0.3, 0.4) is 0 Å². The fourth-order valence-corrected chi connectivity index (χ4v) is 14.3. The third-order valence-corrected chi connectivity index (χ3v) is 19.5. The number of hydrogen-bond donors (Lipinski definition) is 0. The molecule has 8 aromatic carbocycles. The molecule has 0 N–H and O–H groups in total. The lowest BCUT2D eigenvalue weighted by molar-refractivity contribution is -0.663. The molecule has 132 heavy (non-hydrogen) atoms. The first-order valence-corrected chi connectivity index (χ1v) is 50.8. The van der Waals surface area contributed by atoms with E-state index in [-0.39, 0.29) is 0 Å². The number of nitrogens with zero attached hydrogens (tertiary/aromatic N) is 13. The molecule has 724 valence electrons. The lowest BCUT2D eigenvalue weighted by Gasteiger charge is -2.12. The Balaban J connectivity index is -0.000000347. The smallest absolute Gasteiger partial charge is 0.286 e. The minimum atomic E-state index is 0.925. The van der Waals surface area contributed by atoms with Crippen LogP contribution in [-0.2, 0) is 42.3 Å². The fraction of sp³-hybridized carbons (Fsp3) is 0.419. The van der Waals surface area contributed by atoms with Gasteiger partial charge in [-0.1, -0.05) is 347 Å². The second-order valence-electron chi connectivity index (χ2n) is 24.7. The van der Waals surface area contributed by atoms with Gasteiger partial charge in [0, 0.05) is 112 Å². The third kappa shape index (κ3) is 36.3. The van der Waals surface area contributed by atoms with Crippen molar-refractivity contribution in [3.05, 3.63) is 266 Å². The van der Waals surface area contributed by atoms with Crippen LogP contribution in [0.15, 0.2) is 231 Å². The number of benzene rings is 8. The SMILES string of the molecule is CC.CC.CC.CC.CC.CC.CC.CC.CC.CC.CC.CC.CC.CC.CC.CC.CC.CC.Cc1c(C)c2cnc[n+](C)c2c2c(C)cccc12.Cc1cc2c(cc1-c1ccnc[n+]1C)oc1ccccc12.Cc1cc2c(cc1-c1ccnc[n+]1C)sc1ccccc12.Cc1cc2c3ccccc3n(C)c2cc1-c1ccnc[n+]1C.Cc1cncnc1-c1ccnc[n+]1C. The van der Waals surface area contributed by atoms with Crippen LogP contribution in [0, 0.1) is 48.5 Å². The Morgan fingerprint density at radius 2 is 0.652 bits per heavy atom. The Kier molecular flexibility index (Phi) is 78.9. The summed E-state index contributed by atoms with van der Waals surface area (Å²) in [4.78, 5) is 29.0. The maximum Gasteiger partial charge on any atom is 0.286 e. The second-order valence-corrected chi connectivity index (χ2v) is 25.7. The highest BCUT2D eigenvalue weighted by molar-refractivity contribution is 7.25. The Morgan fingerprint density at radius 3 is 1.11 bits per heavy atom. The molecule has 0 atom stereocenters. The van der Waals surface area contributed by atoms with Gasteiger partial charge in [-0.25, -0.2) is 32.8 Å². The first kappa shape index (κ1) is 131. The van der Waals surface area contributed by atoms with E-state index in [9.17, 15) is 0 Å². The zero-order chi connectivity index (χ0) is 103. The van der Waals surface area contributed by atoms with Crippen molar-refractivity contribution in [1.82, 2.24) is 39.5 Å². The molecule has 0 spiro atoms. The zero-order valence-electron chi connectivity index (χ0n) is 92.5. The van der Waals surface area contributed by atoms with Gasteiger partial charge in [-0.2, -0.15) is 0 Å². The van der Waals surface area contributed by atoms with Crippen LogP contribution in [0.5, 0.6) is 0 Å². The van der Waals surface area contributed by atoms with Gasteiger partial charge in [0.25, 0.3) is 31.6 Å². The first-order chi connectivity index (χ1) is 64.5. The second kappa shape index (κ2) is 79.3. The molecule has 17 aromatic rings. The molecule has 0 aliphatic carbocycles. The van der Waals surface area contributed by atoms with Gasteiger partial charge in [-0.3, -0.25) is 0 Å². The van der Waals surface area contributed by atoms with Gasteiger partial charge >= 0.3 is 0 Å². The van der Waals surface area contributed by atoms with E-state index in [1.54, 1.807) is 18.9 Å². The van der Waals surface area contributed by atoms with Crippen molar-refractivity contribution in [2.45, 2.75) is 298 Å². The van der Waals surface area contributed by atoms with E-state index in [1.165, 1.54) is 136 Å². The zero-order valence-corrected chi connectivity index (χ0v) is 93.3. The molecule has 0 fully saturated rings. The Bertz CT molecular complexity index is 5550. The summed E-state index contributed by atoms with van der Waals surface area (Å²) in [5.41, 5.74) is 23.8. The number of thiophene rings is 1. The molecule has 9 aromatic heterocycles. The Hall–Kier alpha value is -11.4. The third-order valence-electron chi connectivity index (χ3n) is 18.4. The summed E-state index contributed by atoms with van der Waals surface area (Å²) in [5.74, 6) is 0. The van der Waals surface area contributed by atoms with Crippen LogP contribution in [0.2, 0.25) is 0 Å². The van der Waals surface area contributed by atoms with Crippen LogP contribution < -0.4 is 22.8 Å². The molecule has 0 saturated heterocycles. The summed E-state index contributed by atoms with van der Waals surface area (Å²) in [6.07, 6.45) is 21.8. The Labute approximate surface area is 809 Å². The predicted octanol–water partition coefficient (Wildman–Crippen LogP) is 33.8. The lowest BCUT2D eigenvalue weighted by Crippen LogP contribution is -2.31. The molecule has 0 aliphatic heterocycles. The summed E-state index contributed by atoms with van der Waals surface area (Å²) in [6, 6.07) is 53.5. The van der Waals surface area contributed by atoms with Crippen molar-refractivity contribution in [2.75, 3.05) is 0 Å². The van der Waals surface area contributed by atoms with Crippen molar-refractivity contribution in [3.8, 4) is 45.2 Å². The van der Waals surface area contributed by atoms with E-state index in [2.05, 4.69) is 230 Å². The fourth-order valence-electron chi connectivity index (χ4n) is 13.2. The van der Waals surface area contributed by atoms with E-state index in [1.807, 2.05) is 391 Å². The molecule has 9 heterocycles. The van der Waals surface area contributed by atoms with Gasteiger partial charge in [0.05, 0.1) is 40.6 Å². The molecule has 0 amide bonds. The summed E-state index contributed by atoms with van der Waals surface area (Å²) in [5, 5.41) is 11.6. The van der Waals surface area contributed by atoms with Gasteiger partial charge in [-0.05, 0) is 147 Å². The quantitative estimate of drug-likeness (QED) is 0.126. The molecule has 17 rings (SSSR count). The first-order valence-electron chi connectivity index (χ1n) is 49.9. The van der Waals surface area contributed by atoms with Gasteiger partial charge < -0.3 is 8.98 Å². The van der Waals surface area contributed by atoms with E-state index in [0.717, 1.165) is 33.8 Å². The molecule has 0 bridgehead atoms. The number of fused-ring (bicyclic) bond motifs is 12. The molecule has 14 nitrogen and oxygen atoms in total. The predicted molar refractivity (Wildman–Crippen MR) is 591 cm³/mol. The maximum absolute atomic E-state index is 5.98.